The average Bonchev–Trinajstić information content (AvgIpc) is 3.36. The maximum Gasteiger partial charge on any atom is 0.294 e. The van der Waals surface area contributed by atoms with E-state index in [1.54, 1.807) is 6.07 Å². The van der Waals surface area contributed by atoms with E-state index in [0.29, 0.717) is 19.4 Å². The fourth-order valence-corrected chi connectivity index (χ4v) is 7.66. The normalized spacial score (nSPS) is 17.8. The molecule has 2 aliphatic rings. The van der Waals surface area contributed by atoms with Gasteiger partial charge in [-0.15, -0.1) is 0 Å². The number of sulfone groups is 1. The van der Waals surface area contributed by atoms with E-state index in [1.165, 1.54) is 34.6 Å². The van der Waals surface area contributed by atoms with Gasteiger partial charge in [0.2, 0.25) is 11.6 Å². The van der Waals surface area contributed by atoms with Crippen molar-refractivity contribution in [3.8, 4) is 0 Å². The van der Waals surface area contributed by atoms with Crippen molar-refractivity contribution in [1.29, 1.82) is 0 Å². The molecule has 0 atom stereocenters. The number of carbonyl (C=O) groups is 1. The summed E-state index contributed by atoms with van der Waals surface area (Å²) in [5.74, 6) is -0.408. The molecule has 0 saturated heterocycles. The van der Waals surface area contributed by atoms with Crippen molar-refractivity contribution in [2.45, 2.75) is 76.5 Å². The van der Waals surface area contributed by atoms with Crippen molar-refractivity contribution in [2.75, 3.05) is 30.3 Å². The first-order valence-electron chi connectivity index (χ1n) is 16.3. The van der Waals surface area contributed by atoms with Crippen LogP contribution in [0, 0.1) is 6.92 Å². The van der Waals surface area contributed by atoms with E-state index >= 15 is 0 Å². The molecule has 2 aromatic carbocycles. The van der Waals surface area contributed by atoms with E-state index in [-0.39, 0.29) is 34.9 Å². The molecule has 0 aromatic heterocycles. The van der Waals surface area contributed by atoms with Gasteiger partial charge < -0.3 is 10.2 Å². The largest absolute Gasteiger partial charge is 0.355 e. The zero-order valence-electron chi connectivity index (χ0n) is 28.8. The number of hydrogen-bond acceptors (Lipinski definition) is 6. The Morgan fingerprint density at radius 2 is 1.71 bits per heavy atom. The highest BCUT2D eigenvalue weighted by Gasteiger charge is 2.45. The van der Waals surface area contributed by atoms with Crippen molar-refractivity contribution in [3.05, 3.63) is 101 Å². The number of likely N-dealkylation sites (N-methyl/N-ethyl adjacent to an activating group) is 1. The van der Waals surface area contributed by atoms with Crippen molar-refractivity contribution in [3.63, 3.8) is 0 Å². The molecule has 0 aliphatic carbocycles. The summed E-state index contributed by atoms with van der Waals surface area (Å²) in [5, 5.41) is 3.53. The van der Waals surface area contributed by atoms with Crippen molar-refractivity contribution < 1.29 is 30.8 Å². The van der Waals surface area contributed by atoms with Gasteiger partial charge in [-0.2, -0.15) is 13.0 Å². The van der Waals surface area contributed by atoms with Crippen LogP contribution in [0.3, 0.4) is 0 Å². The second-order valence-corrected chi connectivity index (χ2v) is 16.8. The molecule has 0 unspecified atom stereocenters. The molecule has 1 amide bonds. The van der Waals surface area contributed by atoms with Crippen LogP contribution in [0.15, 0.2) is 89.4 Å². The van der Waals surface area contributed by atoms with E-state index in [4.69, 9.17) is 0 Å². The number of anilines is 1. The highest BCUT2D eigenvalue weighted by molar-refractivity contribution is 7.94. The Kier molecular flexibility index (Phi) is 11.1. The van der Waals surface area contributed by atoms with Gasteiger partial charge in [-0.25, -0.2) is 8.42 Å². The van der Waals surface area contributed by atoms with Crippen LogP contribution in [0.2, 0.25) is 0 Å². The Balaban J connectivity index is 1.55. The van der Waals surface area contributed by atoms with E-state index in [1.807, 2.05) is 38.2 Å². The van der Waals surface area contributed by atoms with Crippen LogP contribution in [0.5, 0.6) is 0 Å². The molecule has 4 rings (SSSR count). The number of aryl methyl sites for hydroxylation is 1. The Hall–Kier alpha value is -3.80. The molecular weight excluding hydrogens is 647 g/mol. The number of benzene rings is 2. The van der Waals surface area contributed by atoms with E-state index < -0.39 is 25.4 Å². The molecule has 9 nitrogen and oxygen atoms in total. The topological polar surface area (TPSA) is 124 Å². The number of nitrogens with zero attached hydrogens (tertiary/aromatic N) is 2. The molecule has 0 radical (unpaired) electrons. The van der Waals surface area contributed by atoms with Crippen molar-refractivity contribution in [2.24, 2.45) is 0 Å². The van der Waals surface area contributed by atoms with Crippen LogP contribution in [0.25, 0.3) is 0 Å². The molecule has 2 heterocycles. The van der Waals surface area contributed by atoms with Crippen LogP contribution in [-0.4, -0.2) is 63.0 Å². The van der Waals surface area contributed by atoms with E-state index in [0.717, 1.165) is 28.9 Å². The Morgan fingerprint density at radius 3 is 2.38 bits per heavy atom. The summed E-state index contributed by atoms with van der Waals surface area (Å²) in [6, 6.07) is 11.3. The molecular formula is C37H48N3O6S2+. The molecule has 48 heavy (non-hydrogen) atoms. The molecule has 0 bridgehead atoms. The second kappa shape index (κ2) is 14.4. The number of unbranched alkanes of at least 4 members (excludes halogenated alkanes) is 1. The predicted molar refractivity (Wildman–Crippen MR) is 194 cm³/mol. The fraction of sp³-hybridized carbons (Fsp3) is 0.405. The quantitative estimate of drug-likeness (QED) is 0.103. The van der Waals surface area contributed by atoms with Crippen molar-refractivity contribution >= 4 is 42.9 Å². The highest BCUT2D eigenvalue weighted by Crippen LogP contribution is 2.48. The molecule has 0 spiro atoms. The molecule has 0 fully saturated rings. The van der Waals surface area contributed by atoms with Crippen molar-refractivity contribution in [1.82, 2.24) is 5.32 Å². The fourth-order valence-electron chi connectivity index (χ4n) is 6.60. The lowest BCUT2D eigenvalue weighted by Gasteiger charge is -2.25. The van der Waals surface area contributed by atoms with Gasteiger partial charge in [0.1, 0.15) is 6.54 Å². The lowest BCUT2D eigenvalue weighted by Crippen LogP contribution is -2.29. The third-order valence-electron chi connectivity index (χ3n) is 9.25. The minimum Gasteiger partial charge on any atom is -0.355 e. The minimum absolute atomic E-state index is 0.0322. The lowest BCUT2D eigenvalue weighted by atomic mass is 9.81. The van der Waals surface area contributed by atoms with Gasteiger partial charge in [0.05, 0.1) is 16.1 Å². The number of allylic oxidation sites excluding steroid dienone is 6. The van der Waals surface area contributed by atoms with Gasteiger partial charge in [0.25, 0.3) is 10.1 Å². The van der Waals surface area contributed by atoms with Gasteiger partial charge in [-0.3, -0.25) is 9.35 Å². The van der Waals surface area contributed by atoms with Gasteiger partial charge in [0, 0.05) is 65.8 Å². The predicted octanol–water partition coefficient (Wildman–Crippen LogP) is 6.28. The first-order chi connectivity index (χ1) is 22.4. The molecule has 2 aromatic rings. The van der Waals surface area contributed by atoms with E-state index in [9.17, 15) is 26.2 Å². The third-order valence-corrected chi connectivity index (χ3v) is 11.4. The smallest absolute Gasteiger partial charge is 0.294 e. The Bertz CT molecular complexity index is 1930. The van der Waals surface area contributed by atoms with Crippen LogP contribution >= 0.6 is 0 Å². The molecule has 11 heteroatoms. The number of hydrogen-bond donors (Lipinski definition) is 2. The third kappa shape index (κ3) is 7.90. The van der Waals surface area contributed by atoms with Crippen LogP contribution in [0.1, 0.15) is 70.6 Å². The molecule has 258 valence electrons. The maximum atomic E-state index is 12.3. The first-order valence-corrected chi connectivity index (χ1v) is 19.4. The van der Waals surface area contributed by atoms with Crippen LogP contribution < -0.4 is 10.2 Å². The van der Waals surface area contributed by atoms with Crippen LogP contribution in [0.4, 0.5) is 11.4 Å². The molecule has 2 N–H and O–H groups in total. The average molecular weight is 695 g/mol. The number of nitrogens with one attached hydrogen (secondary N) is 1. The molecule has 2 aliphatic heterocycles. The zero-order chi connectivity index (χ0) is 35.5. The summed E-state index contributed by atoms with van der Waals surface area (Å²) >= 11 is 0. The molecule has 0 saturated carbocycles. The van der Waals surface area contributed by atoms with Gasteiger partial charge in [0.15, 0.2) is 15.5 Å². The summed E-state index contributed by atoms with van der Waals surface area (Å²) in [4.78, 5) is 14.5. The Labute approximate surface area is 286 Å². The number of amides is 1. The number of carbonyl (C=O) groups excluding carboxylic acids is 1. The van der Waals surface area contributed by atoms with E-state index in [2.05, 4.69) is 73.3 Å². The van der Waals surface area contributed by atoms with Gasteiger partial charge in [-0.05, 0) is 64.0 Å². The second-order valence-electron chi connectivity index (χ2n) is 13.3. The summed E-state index contributed by atoms with van der Waals surface area (Å²) in [5.41, 5.74) is 6.89. The summed E-state index contributed by atoms with van der Waals surface area (Å²) in [7, 11) is -7.76. The van der Waals surface area contributed by atoms with Crippen LogP contribution in [-0.2, 0) is 35.6 Å². The van der Waals surface area contributed by atoms with Gasteiger partial charge >= 0.3 is 0 Å². The monoisotopic (exact) mass is 694 g/mol. The SMILES string of the molecule is C=CS(=O)(=O)CCNC(=O)CCCC[N+]1=C(C=CC=CC=C2N(CC)c3ccc(C)cc3C2(C)C)C(C)(C)c2cc(S(=O)(=O)O)ccc21. The Morgan fingerprint density at radius 1 is 0.979 bits per heavy atom. The number of fused-ring (bicyclic) bond motifs is 2. The standard InChI is InChI=1S/C37H47N3O6S2/c1-8-39-31-20-18-27(3)25-29(31)36(4,5)33(39)15-11-10-12-16-34-37(6,7)30-26-28(48(44,45)46)19-21-32(30)40(34)23-14-13-17-35(41)38-22-24-47(42,43)9-2/h9-12,15-16,18-21,25-26H,2,8,13-14,17,22-24H2,1,3-7H3,(H-,38,41,44,45,46)/p+1. The number of rotatable bonds is 14. The zero-order valence-corrected chi connectivity index (χ0v) is 30.4. The maximum absolute atomic E-state index is 12.3. The highest BCUT2D eigenvalue weighted by atomic mass is 32.2. The summed E-state index contributed by atoms with van der Waals surface area (Å²) in [6.45, 7) is 17.6. The first kappa shape index (κ1) is 37.0. The lowest BCUT2D eigenvalue weighted by molar-refractivity contribution is -0.438. The minimum atomic E-state index is -4.38. The summed E-state index contributed by atoms with van der Waals surface area (Å²) in [6.07, 6.45) is 11.7. The van der Waals surface area contributed by atoms with Gasteiger partial charge in [-0.1, -0.05) is 56.4 Å². The summed E-state index contributed by atoms with van der Waals surface area (Å²) < 4.78 is 59.0.